The number of nitrogens with zero attached hydrogens (tertiary/aromatic N) is 3. The average Bonchev–Trinajstić information content (AvgIpc) is 2.96. The van der Waals surface area contributed by atoms with E-state index in [1.165, 1.54) is 0 Å². The summed E-state index contributed by atoms with van der Waals surface area (Å²) < 4.78 is 7.43. The van der Waals surface area contributed by atoms with Crippen LogP contribution in [-0.2, 0) is 22.6 Å². The third kappa shape index (κ3) is 3.82. The number of rotatable bonds is 4. The minimum absolute atomic E-state index is 0.0992. The van der Waals surface area contributed by atoms with E-state index in [1.807, 2.05) is 37.8 Å². The minimum Gasteiger partial charge on any atom is -0.459 e. The van der Waals surface area contributed by atoms with Gasteiger partial charge < -0.3 is 4.74 Å². The quantitative estimate of drug-likeness (QED) is 0.793. The van der Waals surface area contributed by atoms with Gasteiger partial charge in [0, 0.05) is 24.8 Å². The van der Waals surface area contributed by atoms with Crippen LogP contribution >= 0.6 is 0 Å². The Balaban J connectivity index is 1.98. The lowest BCUT2D eigenvalue weighted by molar-refractivity contribution is -0.160. The Kier molecular flexibility index (Phi) is 4.48. The van der Waals surface area contributed by atoms with Gasteiger partial charge in [-0.1, -0.05) is 0 Å². The van der Waals surface area contributed by atoms with E-state index in [0.29, 0.717) is 0 Å². The van der Waals surface area contributed by atoms with E-state index in [1.54, 1.807) is 0 Å². The molecule has 20 heavy (non-hydrogen) atoms. The Morgan fingerprint density at radius 1 is 1.50 bits per heavy atom. The highest BCUT2D eigenvalue weighted by molar-refractivity contribution is 5.76. The van der Waals surface area contributed by atoms with E-state index >= 15 is 0 Å². The van der Waals surface area contributed by atoms with Gasteiger partial charge in [0.1, 0.15) is 11.6 Å². The topological polar surface area (TPSA) is 47.4 Å². The highest BCUT2D eigenvalue weighted by atomic mass is 16.6. The van der Waals surface area contributed by atoms with Crippen LogP contribution in [-0.4, -0.2) is 38.8 Å². The van der Waals surface area contributed by atoms with Crippen molar-refractivity contribution >= 4 is 5.97 Å². The molecule has 112 valence electrons. The van der Waals surface area contributed by atoms with Crippen molar-refractivity contribution in [1.82, 2.24) is 14.7 Å². The van der Waals surface area contributed by atoms with E-state index in [9.17, 15) is 4.79 Å². The molecule has 1 saturated heterocycles. The fourth-order valence-electron chi connectivity index (χ4n) is 2.55. The Labute approximate surface area is 120 Å². The van der Waals surface area contributed by atoms with Crippen molar-refractivity contribution in [3.8, 4) is 0 Å². The van der Waals surface area contributed by atoms with Crippen molar-refractivity contribution in [2.75, 3.05) is 6.54 Å². The fraction of sp³-hybridized carbons (Fsp3) is 0.733. The van der Waals surface area contributed by atoms with E-state index in [2.05, 4.69) is 16.9 Å². The Morgan fingerprint density at radius 3 is 2.85 bits per heavy atom. The van der Waals surface area contributed by atoms with Crippen LogP contribution in [0.3, 0.4) is 0 Å². The number of aryl methyl sites for hydroxylation is 1. The van der Waals surface area contributed by atoms with Crippen LogP contribution in [0.1, 0.15) is 46.1 Å². The molecule has 1 aliphatic rings. The molecular weight excluding hydrogens is 254 g/mol. The molecule has 1 aromatic rings. The number of esters is 1. The van der Waals surface area contributed by atoms with Crippen LogP contribution in [0, 0.1) is 0 Å². The molecule has 0 aliphatic carbocycles. The second kappa shape index (κ2) is 5.95. The number of hydrogen-bond acceptors (Lipinski definition) is 4. The number of carbonyl (C=O) groups excluding carboxylic acids is 1. The molecule has 0 unspecified atom stereocenters. The van der Waals surface area contributed by atoms with Crippen molar-refractivity contribution in [3.63, 3.8) is 0 Å². The third-order valence-corrected chi connectivity index (χ3v) is 3.44. The lowest BCUT2D eigenvalue weighted by Gasteiger charge is -2.27. The van der Waals surface area contributed by atoms with Crippen LogP contribution in [0.2, 0.25) is 0 Å². The molecular formula is C15H25N3O2. The normalized spacial score (nSPS) is 20.3. The molecule has 1 aromatic heterocycles. The van der Waals surface area contributed by atoms with Crippen molar-refractivity contribution < 1.29 is 9.53 Å². The van der Waals surface area contributed by atoms with E-state index < -0.39 is 5.60 Å². The summed E-state index contributed by atoms with van der Waals surface area (Å²) >= 11 is 0. The zero-order valence-electron chi connectivity index (χ0n) is 12.9. The van der Waals surface area contributed by atoms with Gasteiger partial charge in [-0.2, -0.15) is 5.10 Å². The Hall–Kier alpha value is -1.36. The highest BCUT2D eigenvalue weighted by Crippen LogP contribution is 2.23. The number of ether oxygens (including phenoxy) is 1. The van der Waals surface area contributed by atoms with Gasteiger partial charge in [0.15, 0.2) is 0 Å². The lowest BCUT2D eigenvalue weighted by atomic mass is 10.1. The lowest BCUT2D eigenvalue weighted by Crippen LogP contribution is -2.40. The number of carbonyl (C=O) groups is 1. The van der Waals surface area contributed by atoms with Crippen molar-refractivity contribution in [1.29, 1.82) is 0 Å². The van der Waals surface area contributed by atoms with Crippen molar-refractivity contribution in [2.45, 2.75) is 65.3 Å². The van der Waals surface area contributed by atoms with Crippen LogP contribution < -0.4 is 0 Å². The summed E-state index contributed by atoms with van der Waals surface area (Å²) in [7, 11) is 0. The van der Waals surface area contributed by atoms with Crippen molar-refractivity contribution in [3.05, 3.63) is 18.0 Å². The largest absolute Gasteiger partial charge is 0.459 e. The second-order valence-corrected chi connectivity index (χ2v) is 6.37. The molecule has 2 rings (SSSR count). The number of likely N-dealkylation sites (tertiary alicyclic amines) is 1. The molecule has 2 heterocycles. The zero-order valence-corrected chi connectivity index (χ0v) is 12.9. The van der Waals surface area contributed by atoms with Gasteiger partial charge >= 0.3 is 5.97 Å². The molecule has 0 aromatic carbocycles. The maximum Gasteiger partial charge on any atom is 0.323 e. The van der Waals surface area contributed by atoms with Gasteiger partial charge in [-0.15, -0.1) is 0 Å². The van der Waals surface area contributed by atoms with Gasteiger partial charge in [0.2, 0.25) is 0 Å². The maximum atomic E-state index is 12.2. The number of hydrogen-bond donors (Lipinski definition) is 0. The van der Waals surface area contributed by atoms with Crippen molar-refractivity contribution in [2.24, 2.45) is 0 Å². The second-order valence-electron chi connectivity index (χ2n) is 6.37. The van der Waals surface area contributed by atoms with E-state index in [0.717, 1.165) is 38.0 Å². The smallest absolute Gasteiger partial charge is 0.323 e. The summed E-state index contributed by atoms with van der Waals surface area (Å²) in [5.41, 5.74) is 0.737. The SMILES string of the molecule is CCn1cc(CN2CCC[C@@H]2C(=O)OC(C)(C)C)cn1. The van der Waals surface area contributed by atoms with Crippen LogP contribution in [0.4, 0.5) is 0 Å². The third-order valence-electron chi connectivity index (χ3n) is 3.44. The summed E-state index contributed by atoms with van der Waals surface area (Å²) in [5, 5.41) is 4.28. The van der Waals surface area contributed by atoms with E-state index in [4.69, 9.17) is 4.74 Å². The van der Waals surface area contributed by atoms with Gasteiger partial charge in [-0.25, -0.2) is 0 Å². The fourth-order valence-corrected chi connectivity index (χ4v) is 2.55. The first-order valence-electron chi connectivity index (χ1n) is 7.37. The molecule has 0 saturated carbocycles. The summed E-state index contributed by atoms with van der Waals surface area (Å²) in [4.78, 5) is 14.4. The first kappa shape index (κ1) is 15.0. The average molecular weight is 279 g/mol. The predicted octanol–water partition coefficient (Wildman–Crippen LogP) is 2.21. The molecule has 1 atom stereocenters. The molecule has 0 radical (unpaired) electrons. The Bertz CT molecular complexity index is 462. The molecule has 1 aliphatic heterocycles. The minimum atomic E-state index is -0.418. The van der Waals surface area contributed by atoms with Crippen LogP contribution in [0.5, 0.6) is 0 Å². The summed E-state index contributed by atoms with van der Waals surface area (Å²) in [6.45, 7) is 10.4. The highest BCUT2D eigenvalue weighted by Gasteiger charge is 2.34. The van der Waals surface area contributed by atoms with E-state index in [-0.39, 0.29) is 12.0 Å². The van der Waals surface area contributed by atoms with Gasteiger partial charge in [-0.05, 0) is 47.1 Å². The summed E-state index contributed by atoms with van der Waals surface area (Å²) in [6.07, 6.45) is 5.86. The molecule has 1 fully saturated rings. The summed E-state index contributed by atoms with van der Waals surface area (Å²) in [6, 6.07) is -0.112. The Morgan fingerprint density at radius 2 is 2.25 bits per heavy atom. The monoisotopic (exact) mass is 279 g/mol. The molecule has 0 spiro atoms. The first-order chi connectivity index (χ1) is 9.39. The van der Waals surface area contributed by atoms with Gasteiger partial charge in [-0.3, -0.25) is 14.4 Å². The molecule has 0 bridgehead atoms. The first-order valence-corrected chi connectivity index (χ1v) is 7.37. The number of aromatic nitrogens is 2. The molecule has 5 nitrogen and oxygen atoms in total. The maximum absolute atomic E-state index is 12.2. The molecule has 5 heteroatoms. The molecule has 0 N–H and O–H groups in total. The van der Waals surface area contributed by atoms with Gasteiger partial charge in [0.05, 0.1) is 6.20 Å². The van der Waals surface area contributed by atoms with Crippen LogP contribution in [0.15, 0.2) is 12.4 Å². The zero-order chi connectivity index (χ0) is 14.8. The van der Waals surface area contributed by atoms with Crippen LogP contribution in [0.25, 0.3) is 0 Å². The standard InChI is InChI=1S/C15H25N3O2/c1-5-18-11-12(9-16-18)10-17-8-6-7-13(17)14(19)20-15(2,3)4/h9,11,13H,5-8,10H2,1-4H3/t13-/m1/s1. The van der Waals surface area contributed by atoms with Gasteiger partial charge in [0.25, 0.3) is 0 Å². The predicted molar refractivity (Wildman–Crippen MR) is 77.2 cm³/mol. The summed E-state index contributed by atoms with van der Waals surface area (Å²) in [5.74, 6) is -0.0992. The molecule has 0 amide bonds.